The smallest absolute Gasteiger partial charge is 0.377 e. The van der Waals surface area contributed by atoms with E-state index in [1.807, 2.05) is 6.92 Å². The Kier molecular flexibility index (Phi) is 8.21. The van der Waals surface area contributed by atoms with Crippen LogP contribution < -0.4 is 5.73 Å². The molecule has 1 atom stereocenters. The first-order valence-corrected chi connectivity index (χ1v) is 7.04. The fraction of sp³-hybridized carbons (Fsp3) is 1.00. The van der Waals surface area contributed by atoms with Gasteiger partial charge in [0, 0.05) is 40.5 Å². The summed E-state index contributed by atoms with van der Waals surface area (Å²) in [6, 6.07) is 0.758. The molecule has 0 fully saturated rings. The van der Waals surface area contributed by atoms with Crippen LogP contribution in [-0.4, -0.2) is 49.4 Å². The van der Waals surface area contributed by atoms with Crippen LogP contribution in [0.4, 0.5) is 0 Å². The van der Waals surface area contributed by atoms with Crippen molar-refractivity contribution >= 4 is 8.80 Å². The van der Waals surface area contributed by atoms with Gasteiger partial charge in [-0.15, -0.1) is 0 Å². The minimum atomic E-state index is -2.41. The molecule has 0 aromatic heterocycles. The second-order valence-electron chi connectivity index (χ2n) is 3.32. The average Bonchev–Trinajstić information content (AvgIpc) is 2.30. The van der Waals surface area contributed by atoms with E-state index in [0.29, 0.717) is 13.2 Å². The van der Waals surface area contributed by atoms with Gasteiger partial charge in [-0.3, -0.25) is 0 Å². The van der Waals surface area contributed by atoms with Crippen LogP contribution in [0.5, 0.6) is 0 Å². The fourth-order valence-corrected chi connectivity index (χ4v) is 2.89. The molecule has 92 valence electrons. The van der Waals surface area contributed by atoms with Crippen LogP contribution in [0.2, 0.25) is 6.04 Å². The van der Waals surface area contributed by atoms with Crippen LogP contribution in [0.25, 0.3) is 0 Å². The third-order valence-electron chi connectivity index (χ3n) is 2.29. The van der Waals surface area contributed by atoms with Crippen LogP contribution in [0.15, 0.2) is 0 Å². The van der Waals surface area contributed by atoms with Crippen molar-refractivity contribution < 1.29 is 18.0 Å². The molecule has 0 aliphatic heterocycles. The highest BCUT2D eigenvalue weighted by atomic mass is 28.4. The van der Waals surface area contributed by atoms with Gasteiger partial charge in [0.2, 0.25) is 0 Å². The number of hydrogen-bond donors (Lipinski definition) is 1. The zero-order valence-corrected chi connectivity index (χ0v) is 11.1. The second kappa shape index (κ2) is 8.20. The topological polar surface area (TPSA) is 62.9 Å². The largest absolute Gasteiger partial charge is 0.500 e. The maximum absolute atomic E-state index is 5.45. The summed E-state index contributed by atoms with van der Waals surface area (Å²) in [4.78, 5) is 0. The summed E-state index contributed by atoms with van der Waals surface area (Å²) in [5.41, 5.74) is 5.43. The Hall–Kier alpha value is 0.0169. The molecule has 0 aliphatic carbocycles. The minimum Gasteiger partial charge on any atom is -0.377 e. The first-order chi connectivity index (χ1) is 7.14. The molecule has 0 bridgehead atoms. The average molecular weight is 237 g/mol. The number of hydrogen-bond acceptors (Lipinski definition) is 5. The van der Waals surface area contributed by atoms with Gasteiger partial charge in [0.15, 0.2) is 0 Å². The maximum Gasteiger partial charge on any atom is 0.500 e. The normalized spacial score (nSPS) is 14.2. The first kappa shape index (κ1) is 15.0. The highest BCUT2D eigenvalue weighted by Crippen LogP contribution is 2.14. The predicted molar refractivity (Wildman–Crippen MR) is 60.7 cm³/mol. The summed E-state index contributed by atoms with van der Waals surface area (Å²) in [6.45, 7) is 3.15. The van der Waals surface area contributed by atoms with E-state index in [1.165, 1.54) is 0 Å². The monoisotopic (exact) mass is 237 g/mol. The Morgan fingerprint density at radius 2 is 1.67 bits per heavy atom. The van der Waals surface area contributed by atoms with Gasteiger partial charge in [-0.1, -0.05) is 0 Å². The van der Waals surface area contributed by atoms with Crippen molar-refractivity contribution in [2.24, 2.45) is 5.73 Å². The lowest BCUT2D eigenvalue weighted by Gasteiger charge is -2.24. The van der Waals surface area contributed by atoms with Gasteiger partial charge in [-0.2, -0.15) is 0 Å². The quantitative estimate of drug-likeness (QED) is 0.470. The molecule has 6 heteroatoms. The molecular formula is C9H23NO4Si. The van der Waals surface area contributed by atoms with Gasteiger partial charge in [0.05, 0.1) is 6.10 Å². The Morgan fingerprint density at radius 1 is 1.13 bits per heavy atom. The van der Waals surface area contributed by atoms with Gasteiger partial charge in [-0.05, 0) is 13.3 Å². The zero-order valence-electron chi connectivity index (χ0n) is 10.1. The third kappa shape index (κ3) is 5.60. The molecule has 0 rings (SSSR count). The van der Waals surface area contributed by atoms with Crippen molar-refractivity contribution in [3.05, 3.63) is 0 Å². The van der Waals surface area contributed by atoms with E-state index in [4.69, 9.17) is 23.7 Å². The molecule has 0 aromatic carbocycles. The van der Waals surface area contributed by atoms with Crippen molar-refractivity contribution in [2.45, 2.75) is 25.5 Å². The molecule has 15 heavy (non-hydrogen) atoms. The maximum atomic E-state index is 5.45. The van der Waals surface area contributed by atoms with E-state index < -0.39 is 8.80 Å². The molecular weight excluding hydrogens is 214 g/mol. The minimum absolute atomic E-state index is 0.105. The molecule has 0 amide bonds. The summed E-state index contributed by atoms with van der Waals surface area (Å²) in [5, 5.41) is 0. The molecule has 0 saturated heterocycles. The van der Waals surface area contributed by atoms with Gasteiger partial charge in [0.1, 0.15) is 0 Å². The van der Waals surface area contributed by atoms with Crippen molar-refractivity contribution in [3.8, 4) is 0 Å². The van der Waals surface area contributed by atoms with Crippen LogP contribution in [-0.2, 0) is 18.0 Å². The van der Waals surface area contributed by atoms with Crippen molar-refractivity contribution in [1.82, 2.24) is 0 Å². The van der Waals surface area contributed by atoms with Crippen molar-refractivity contribution in [1.29, 1.82) is 0 Å². The number of ether oxygens (including phenoxy) is 1. The lowest BCUT2D eigenvalue weighted by Crippen LogP contribution is -2.42. The highest BCUT2D eigenvalue weighted by Gasteiger charge is 2.36. The zero-order chi connectivity index (χ0) is 11.7. The standard InChI is InChI=1S/C9H23NO4Si/c1-9(8-10)14-6-5-7-15(11-2,12-3)13-4/h9H,5-8,10H2,1-4H3. The van der Waals surface area contributed by atoms with Crippen LogP contribution in [0, 0.1) is 0 Å². The molecule has 0 aromatic rings. The lowest BCUT2D eigenvalue weighted by molar-refractivity contribution is 0.0662. The summed E-state index contributed by atoms with van der Waals surface area (Å²) in [6.07, 6.45) is 0.959. The Labute approximate surface area is 93.2 Å². The summed E-state index contributed by atoms with van der Waals surface area (Å²) in [7, 11) is 2.43. The number of rotatable bonds is 9. The molecule has 5 nitrogen and oxygen atoms in total. The van der Waals surface area contributed by atoms with Crippen molar-refractivity contribution in [2.75, 3.05) is 34.5 Å². The molecule has 0 aliphatic rings. The first-order valence-electron chi connectivity index (χ1n) is 5.11. The van der Waals surface area contributed by atoms with Gasteiger partial charge >= 0.3 is 8.80 Å². The predicted octanol–water partition coefficient (Wildman–Crippen LogP) is 0.618. The SMILES string of the molecule is CO[Si](CCCOC(C)CN)(OC)OC. The van der Waals surface area contributed by atoms with E-state index in [-0.39, 0.29) is 6.10 Å². The Bertz CT molecular complexity index is 147. The second-order valence-corrected chi connectivity index (χ2v) is 6.41. The number of nitrogens with two attached hydrogens (primary N) is 1. The highest BCUT2D eigenvalue weighted by molar-refractivity contribution is 6.60. The van der Waals surface area contributed by atoms with Gasteiger partial charge in [-0.25, -0.2) is 0 Å². The van der Waals surface area contributed by atoms with Crippen molar-refractivity contribution in [3.63, 3.8) is 0 Å². The Balaban J connectivity index is 3.72. The lowest BCUT2D eigenvalue weighted by atomic mass is 10.4. The summed E-state index contributed by atoms with van der Waals surface area (Å²) < 4.78 is 21.3. The Morgan fingerprint density at radius 3 is 2.07 bits per heavy atom. The van der Waals surface area contributed by atoms with E-state index in [2.05, 4.69) is 0 Å². The van der Waals surface area contributed by atoms with E-state index >= 15 is 0 Å². The van der Waals surface area contributed by atoms with Gasteiger partial charge in [0.25, 0.3) is 0 Å². The molecule has 0 spiro atoms. The van der Waals surface area contributed by atoms with Crippen LogP contribution >= 0.6 is 0 Å². The summed E-state index contributed by atoms with van der Waals surface area (Å²) in [5.74, 6) is 0. The fourth-order valence-electron chi connectivity index (χ4n) is 1.20. The summed E-state index contributed by atoms with van der Waals surface area (Å²) >= 11 is 0. The molecule has 0 saturated carbocycles. The third-order valence-corrected chi connectivity index (χ3v) is 5.13. The van der Waals surface area contributed by atoms with Crippen LogP contribution in [0.3, 0.4) is 0 Å². The molecule has 2 N–H and O–H groups in total. The molecule has 0 heterocycles. The molecule has 1 unspecified atom stereocenters. The van der Waals surface area contributed by atoms with E-state index in [9.17, 15) is 0 Å². The van der Waals surface area contributed by atoms with E-state index in [1.54, 1.807) is 21.3 Å². The molecule has 0 radical (unpaired) electrons. The van der Waals surface area contributed by atoms with Gasteiger partial charge < -0.3 is 23.7 Å². The van der Waals surface area contributed by atoms with Crippen LogP contribution in [0.1, 0.15) is 13.3 Å². The van der Waals surface area contributed by atoms with E-state index in [0.717, 1.165) is 12.5 Å².